The molecule has 2 aliphatic rings. The number of rotatable bonds is 20. The van der Waals surface area contributed by atoms with Crippen molar-refractivity contribution in [2.24, 2.45) is 28.2 Å². The third kappa shape index (κ3) is 16.7. The minimum atomic E-state index is -0.835. The largest absolute Gasteiger partial charge is 0.478 e. The van der Waals surface area contributed by atoms with Gasteiger partial charge in [-0.25, -0.2) is 4.79 Å². The first-order valence-electron chi connectivity index (χ1n) is 27.5. The van der Waals surface area contributed by atoms with E-state index in [1.54, 1.807) is 28.4 Å². The van der Waals surface area contributed by atoms with Gasteiger partial charge in [0.15, 0.2) is 28.9 Å². The molecule has 0 amide bonds. The molecule has 0 radical (unpaired) electrons. The van der Waals surface area contributed by atoms with Gasteiger partial charge in [-0.2, -0.15) is 0 Å². The lowest BCUT2D eigenvalue weighted by atomic mass is 9.90. The number of benzene rings is 2. The van der Waals surface area contributed by atoms with E-state index in [-0.39, 0.29) is 60.6 Å². The van der Waals surface area contributed by atoms with Gasteiger partial charge in [-0.05, 0) is 167 Å². The molecule has 8 rings (SSSR count). The van der Waals surface area contributed by atoms with Gasteiger partial charge >= 0.3 is 5.97 Å². The fourth-order valence-corrected chi connectivity index (χ4v) is 10.9. The van der Waals surface area contributed by atoms with Crippen molar-refractivity contribution in [3.05, 3.63) is 156 Å². The first kappa shape index (κ1) is 64.1. The highest BCUT2D eigenvalue weighted by Crippen LogP contribution is 2.25. The zero-order valence-electron chi connectivity index (χ0n) is 49.2. The van der Waals surface area contributed by atoms with Crippen LogP contribution in [0.15, 0.2) is 61.2 Å². The highest BCUT2D eigenvalue weighted by molar-refractivity contribution is 6.02. The second-order valence-electron chi connectivity index (χ2n) is 21.6. The van der Waals surface area contributed by atoms with Crippen molar-refractivity contribution < 1.29 is 43.3 Å². The highest BCUT2D eigenvalue weighted by Gasteiger charge is 2.22. The smallest absolute Gasteiger partial charge is 0.336 e. The summed E-state index contributed by atoms with van der Waals surface area (Å²) in [5.41, 5.74) is 20.8. The second kappa shape index (κ2) is 29.2. The molecule has 2 fully saturated rings. The molecule has 17 heteroatoms. The van der Waals surface area contributed by atoms with Gasteiger partial charge in [0, 0.05) is 117 Å². The molecule has 3 N–H and O–H groups in total. The summed E-state index contributed by atoms with van der Waals surface area (Å²) in [6.45, 7) is 24.3. The Labute approximate surface area is 478 Å². The lowest BCUT2D eigenvalue weighted by Crippen LogP contribution is -2.36. The zero-order chi connectivity index (χ0) is 57.8. The van der Waals surface area contributed by atoms with Gasteiger partial charge in [0.2, 0.25) is 0 Å². The number of aromatic carboxylic acids is 1. The number of carbonyl (C=O) groups is 6. The van der Waals surface area contributed by atoms with Crippen molar-refractivity contribution >= 4 is 53.0 Å². The van der Waals surface area contributed by atoms with Crippen LogP contribution in [0.5, 0.6) is 0 Å². The average molecular weight is 1120 g/mol. The minimum Gasteiger partial charge on any atom is -0.478 e. The third-order valence-corrected chi connectivity index (χ3v) is 15.6. The molecule has 0 aliphatic carbocycles. The quantitative estimate of drug-likeness (QED) is 0.0689. The molecule has 4 aromatic heterocycles. The zero-order valence-corrected chi connectivity index (χ0v) is 50.0. The molecule has 0 atom stereocenters. The van der Waals surface area contributed by atoms with Crippen molar-refractivity contribution in [1.29, 1.82) is 0 Å². The fraction of sp³-hybridized carbons (Fsp3) is 0.460. The van der Waals surface area contributed by atoms with Gasteiger partial charge in [0.05, 0.1) is 60.5 Å². The number of morpholine rings is 2. The molecule has 2 aliphatic heterocycles. The van der Waals surface area contributed by atoms with Crippen LogP contribution in [0.1, 0.15) is 150 Å². The Morgan fingerprint density at radius 1 is 0.450 bits per heavy atom. The Balaban J connectivity index is 0.000000247. The van der Waals surface area contributed by atoms with E-state index in [1.165, 1.54) is 5.56 Å². The molecule has 6 heterocycles. The normalized spacial score (nSPS) is 13.7. The Hall–Kier alpha value is -6.69. The van der Waals surface area contributed by atoms with E-state index in [9.17, 15) is 28.8 Å². The number of hydrogen-bond acceptors (Lipinski definition) is 11. The summed E-state index contributed by atoms with van der Waals surface area (Å²) in [5.74, 6) is -0.595. The molecule has 0 unspecified atom stereocenters. The van der Waals surface area contributed by atoms with E-state index in [2.05, 4.69) is 22.8 Å². The summed E-state index contributed by atoms with van der Waals surface area (Å²) in [6, 6.07) is 11.2. The van der Waals surface area contributed by atoms with Gasteiger partial charge in [-0.1, -0.05) is 12.1 Å². The van der Waals surface area contributed by atoms with Crippen LogP contribution in [0.3, 0.4) is 0 Å². The number of carboxylic acids is 1. The number of ketones is 5. The Kier molecular flexibility index (Phi) is 23.4. The molecule has 2 aromatic carbocycles. The minimum absolute atomic E-state index is 0. The van der Waals surface area contributed by atoms with E-state index >= 15 is 0 Å². The molecule has 80 heavy (non-hydrogen) atoms. The molecule has 2 saturated heterocycles. The lowest BCUT2D eigenvalue weighted by molar-refractivity contribution is 0.0370. The fourth-order valence-electron chi connectivity index (χ4n) is 10.9. The Morgan fingerprint density at radius 3 is 1.16 bits per heavy atom. The maximum Gasteiger partial charge on any atom is 0.336 e. The van der Waals surface area contributed by atoms with Gasteiger partial charge < -0.3 is 38.6 Å². The summed E-state index contributed by atoms with van der Waals surface area (Å²) < 4.78 is 17.9. The predicted octanol–water partition coefficient (Wildman–Crippen LogP) is 9.45. The summed E-state index contributed by atoms with van der Waals surface area (Å²) in [5, 5.41) is 8.96. The van der Waals surface area contributed by atoms with E-state index in [0.717, 1.165) is 140 Å². The summed E-state index contributed by atoms with van der Waals surface area (Å²) in [7, 11) is 7.34. The SMILES string of the molecule is Cc1cc(C)c(C(=O)Cc2cc(C(=O)Cc3cc(C(=O)CCCN4CCOCC4)n(C)c3)n(C)c2)c(C)c1C.Cc1cc(C)c(C(=O)O)c(C)c1C.Cl.Cn1cc(CC(=O)c2cc(N)cn2C)cc1C(=O)CCCN1CCOCC1. The average Bonchev–Trinajstić information content (AvgIpc) is 4.16. The number of hydrogen-bond donors (Lipinski definition) is 2. The molecule has 0 saturated carbocycles. The van der Waals surface area contributed by atoms with Crippen molar-refractivity contribution in [2.45, 2.75) is 100 Å². The van der Waals surface area contributed by atoms with Crippen LogP contribution in [-0.4, -0.2) is 134 Å². The predicted molar refractivity (Wildman–Crippen MR) is 317 cm³/mol. The summed E-state index contributed by atoms with van der Waals surface area (Å²) >= 11 is 0. The van der Waals surface area contributed by atoms with E-state index in [0.29, 0.717) is 46.9 Å². The van der Waals surface area contributed by atoms with Crippen LogP contribution in [0.25, 0.3) is 0 Å². The Morgan fingerprint density at radius 2 is 0.787 bits per heavy atom. The van der Waals surface area contributed by atoms with E-state index in [4.69, 9.17) is 20.3 Å². The first-order chi connectivity index (χ1) is 37.4. The van der Waals surface area contributed by atoms with Crippen LogP contribution in [-0.2, 0) is 56.9 Å². The van der Waals surface area contributed by atoms with E-state index < -0.39 is 5.97 Å². The number of anilines is 1. The maximum atomic E-state index is 13.2. The van der Waals surface area contributed by atoms with Crippen LogP contribution >= 0.6 is 12.4 Å². The van der Waals surface area contributed by atoms with Crippen LogP contribution < -0.4 is 5.73 Å². The van der Waals surface area contributed by atoms with Gasteiger partial charge in [0.25, 0.3) is 0 Å². The number of nitrogen functional groups attached to an aromatic ring is 1. The number of carboxylic acid groups (broad SMARTS) is 1. The highest BCUT2D eigenvalue weighted by atomic mass is 35.5. The van der Waals surface area contributed by atoms with Gasteiger partial charge in [0.1, 0.15) is 0 Å². The number of Topliss-reactive ketones (excluding diaryl/α,β-unsaturated/α-hetero) is 5. The first-order valence-corrected chi connectivity index (χ1v) is 27.5. The number of ether oxygens (including phenoxy) is 2. The van der Waals surface area contributed by atoms with Crippen LogP contribution in [0.4, 0.5) is 5.69 Å². The standard InChI is InChI=1S/C32H41N3O4.C20H28N4O3.C11H14O2.ClH/c1-21-14-22(2)32(24(4)23(21)3)31(38)18-26-16-28(34(6)20-26)30(37)17-25-15-27(33(5)19-25)29(36)8-7-9-35-10-12-39-13-11-35;1-22-13-15(11-20(26)18-12-16(21)14-23(18)2)10-17(22)19(25)4-3-5-24-6-8-27-9-7-24;1-6-5-7(2)10(11(12)13)9(4)8(6)3;/h14-16,19-20H,7-13,17-18H2,1-6H3;10,12-14H,3-9,11,21H2,1-2H3;5H,1-4H3,(H,12,13);1H. The topological polar surface area (TPSA) is 193 Å². The number of halogens is 1. The third-order valence-electron chi connectivity index (χ3n) is 15.6. The summed E-state index contributed by atoms with van der Waals surface area (Å²) in [4.78, 5) is 79.9. The molecule has 16 nitrogen and oxygen atoms in total. The number of nitrogens with two attached hydrogens (primary N) is 1. The molecular weight excluding hydrogens is 1030 g/mol. The van der Waals surface area contributed by atoms with Gasteiger partial charge in [-0.15, -0.1) is 12.4 Å². The monoisotopic (exact) mass is 1120 g/mol. The molecule has 6 aromatic rings. The lowest BCUT2D eigenvalue weighted by Gasteiger charge is -2.26. The molecular formula is C63H84ClN7O9. The van der Waals surface area contributed by atoms with Crippen molar-refractivity contribution in [1.82, 2.24) is 28.1 Å². The van der Waals surface area contributed by atoms with Crippen molar-refractivity contribution in [3.63, 3.8) is 0 Å². The summed E-state index contributed by atoms with van der Waals surface area (Å²) in [6.07, 6.45) is 10.7. The number of aryl methyl sites for hydroxylation is 8. The van der Waals surface area contributed by atoms with Crippen LogP contribution in [0.2, 0.25) is 0 Å². The second-order valence-corrected chi connectivity index (χ2v) is 21.6. The number of carbonyl (C=O) groups excluding carboxylic acids is 5. The van der Waals surface area contributed by atoms with E-state index in [1.807, 2.05) is 122 Å². The number of aromatic nitrogens is 4. The number of nitrogens with zero attached hydrogens (tertiary/aromatic N) is 6. The molecule has 0 spiro atoms. The molecule has 0 bridgehead atoms. The maximum absolute atomic E-state index is 13.2. The van der Waals surface area contributed by atoms with Crippen LogP contribution in [0, 0.1) is 55.4 Å². The molecule has 432 valence electrons. The Bertz CT molecular complexity index is 3200. The van der Waals surface area contributed by atoms with Crippen molar-refractivity contribution in [2.75, 3.05) is 71.4 Å². The van der Waals surface area contributed by atoms with Crippen molar-refractivity contribution in [3.8, 4) is 0 Å². The van der Waals surface area contributed by atoms with Gasteiger partial charge in [-0.3, -0.25) is 33.8 Å².